The van der Waals surface area contributed by atoms with Crippen LogP contribution in [-0.4, -0.2) is 37.8 Å². The highest BCUT2D eigenvalue weighted by atomic mass is 32.2. The van der Waals surface area contributed by atoms with Crippen LogP contribution in [0, 0.1) is 0 Å². The van der Waals surface area contributed by atoms with E-state index in [4.69, 9.17) is 9.47 Å². The molecule has 6 nitrogen and oxygen atoms in total. The van der Waals surface area contributed by atoms with Crippen molar-refractivity contribution in [2.45, 2.75) is 5.16 Å². The number of fused-ring (bicyclic) bond motifs is 2. The second kappa shape index (κ2) is 3.38. The highest BCUT2D eigenvalue weighted by Crippen LogP contribution is 2.33. The van der Waals surface area contributed by atoms with Gasteiger partial charge in [-0.3, -0.25) is 0 Å². The molecule has 1 aromatic carbocycles. The minimum Gasteiger partial charge on any atom is -0.486 e. The van der Waals surface area contributed by atoms with Crippen LogP contribution in [0.4, 0.5) is 0 Å². The summed E-state index contributed by atoms with van der Waals surface area (Å²) in [5.41, 5.74) is 1.17. The normalized spacial score (nSPS) is 17.9. The number of rotatable bonds is 1. The van der Waals surface area contributed by atoms with E-state index in [1.807, 2.05) is 0 Å². The fourth-order valence-electron chi connectivity index (χ4n) is 1.67. The van der Waals surface area contributed by atoms with Gasteiger partial charge in [0.15, 0.2) is 11.5 Å². The van der Waals surface area contributed by atoms with Crippen molar-refractivity contribution in [2.75, 3.05) is 13.2 Å². The van der Waals surface area contributed by atoms with Gasteiger partial charge in [-0.2, -0.15) is 0 Å². The van der Waals surface area contributed by atoms with Gasteiger partial charge in [0.05, 0.1) is 11.0 Å². The lowest BCUT2D eigenvalue weighted by molar-refractivity contribution is 0.172. The van der Waals surface area contributed by atoms with Crippen LogP contribution in [-0.2, 0) is 9.80 Å². The summed E-state index contributed by atoms with van der Waals surface area (Å²) in [6.45, 7) is 0.980. The molecule has 7 heteroatoms. The van der Waals surface area contributed by atoms with Gasteiger partial charge in [-0.15, -0.1) is 0 Å². The zero-order chi connectivity index (χ0) is 12.0. The van der Waals surface area contributed by atoms with E-state index >= 15 is 0 Å². The van der Waals surface area contributed by atoms with Crippen LogP contribution in [0.1, 0.15) is 0 Å². The molecule has 2 N–H and O–H groups in total. The lowest BCUT2D eigenvalue weighted by atomic mass is 10.2. The SMILES string of the molecule is C=S(=O)(O)c1nc2cc3c(cc2[nH]1)OCCO3. The van der Waals surface area contributed by atoms with Gasteiger partial charge in [0.2, 0.25) is 5.16 Å². The smallest absolute Gasteiger partial charge is 0.214 e. The van der Waals surface area contributed by atoms with Crippen LogP contribution < -0.4 is 9.47 Å². The third-order valence-electron chi connectivity index (χ3n) is 2.43. The van der Waals surface area contributed by atoms with E-state index in [-0.39, 0.29) is 5.16 Å². The first-order valence-corrected chi connectivity index (χ1v) is 6.61. The fraction of sp³-hybridized carbons (Fsp3) is 0.200. The average Bonchev–Trinajstić information content (AvgIpc) is 2.68. The molecule has 1 aromatic heterocycles. The Hall–Kier alpha value is -1.73. The Morgan fingerprint density at radius 1 is 1.35 bits per heavy atom. The number of aromatic amines is 1. The Balaban J connectivity index is 2.23. The second-order valence-corrected chi connectivity index (χ2v) is 5.36. The molecule has 2 aromatic rings. The molecule has 1 aliphatic rings. The Morgan fingerprint density at radius 2 is 2.00 bits per heavy atom. The van der Waals surface area contributed by atoms with E-state index in [1.54, 1.807) is 12.1 Å². The first kappa shape index (κ1) is 10.4. The Labute approximate surface area is 97.4 Å². The molecule has 1 atom stereocenters. The molecule has 17 heavy (non-hydrogen) atoms. The number of benzene rings is 1. The molecule has 0 amide bonds. The van der Waals surface area contributed by atoms with Crippen molar-refractivity contribution >= 4 is 26.7 Å². The summed E-state index contributed by atoms with van der Waals surface area (Å²) in [4.78, 5) is 6.76. The van der Waals surface area contributed by atoms with Crippen molar-refractivity contribution in [1.29, 1.82) is 0 Å². The minimum atomic E-state index is -3.34. The van der Waals surface area contributed by atoms with Crippen LogP contribution in [0.25, 0.3) is 11.0 Å². The van der Waals surface area contributed by atoms with E-state index in [1.165, 1.54) is 0 Å². The third-order valence-corrected chi connectivity index (χ3v) is 3.22. The van der Waals surface area contributed by atoms with Gasteiger partial charge in [-0.1, -0.05) is 0 Å². The van der Waals surface area contributed by atoms with Gasteiger partial charge >= 0.3 is 0 Å². The molecule has 0 saturated heterocycles. The van der Waals surface area contributed by atoms with Crippen molar-refractivity contribution in [2.24, 2.45) is 0 Å². The van der Waals surface area contributed by atoms with E-state index < -0.39 is 9.80 Å². The molecule has 0 spiro atoms. The Bertz CT molecular complexity index is 647. The van der Waals surface area contributed by atoms with E-state index in [2.05, 4.69) is 15.8 Å². The Kier molecular flexibility index (Phi) is 2.07. The standard InChI is InChI=1S/C10H10N2O4S/c1-17(13,14)10-11-6-4-8-9(5-7(6)12-10)16-3-2-15-8/h4-5H,1-3H2,(H,11,12)(H,13,14). The molecular weight excluding hydrogens is 244 g/mol. The quantitative estimate of drug-likeness (QED) is 0.738. The maximum atomic E-state index is 11.4. The predicted octanol–water partition coefficient (Wildman–Crippen LogP) is 0.882. The monoisotopic (exact) mass is 254 g/mol. The van der Waals surface area contributed by atoms with E-state index in [0.717, 1.165) is 0 Å². The highest BCUT2D eigenvalue weighted by Gasteiger charge is 2.16. The maximum absolute atomic E-state index is 11.4. The number of aromatic nitrogens is 2. The second-order valence-electron chi connectivity index (χ2n) is 3.70. The number of nitrogens with one attached hydrogen (secondary N) is 1. The molecular formula is C10H10N2O4S. The van der Waals surface area contributed by atoms with Crippen molar-refractivity contribution < 1.29 is 18.2 Å². The van der Waals surface area contributed by atoms with Crippen molar-refractivity contribution in [1.82, 2.24) is 9.97 Å². The molecule has 1 aliphatic heterocycles. The van der Waals surface area contributed by atoms with Crippen molar-refractivity contribution in [3.8, 4) is 11.5 Å². The molecule has 3 rings (SSSR count). The van der Waals surface area contributed by atoms with Gasteiger partial charge in [0, 0.05) is 12.1 Å². The lowest BCUT2D eigenvalue weighted by Crippen LogP contribution is -2.15. The molecule has 90 valence electrons. The maximum Gasteiger partial charge on any atom is 0.214 e. The highest BCUT2D eigenvalue weighted by molar-refractivity contribution is 7.94. The van der Waals surface area contributed by atoms with E-state index in [9.17, 15) is 8.76 Å². The zero-order valence-electron chi connectivity index (χ0n) is 8.80. The topological polar surface area (TPSA) is 84.4 Å². The van der Waals surface area contributed by atoms with Gasteiger partial charge in [0.1, 0.15) is 23.0 Å². The number of H-pyrrole nitrogens is 1. The summed E-state index contributed by atoms with van der Waals surface area (Å²) >= 11 is 0. The van der Waals surface area contributed by atoms with Crippen LogP contribution in [0.15, 0.2) is 17.3 Å². The van der Waals surface area contributed by atoms with E-state index in [0.29, 0.717) is 35.7 Å². The minimum absolute atomic E-state index is 0.0464. The summed E-state index contributed by atoms with van der Waals surface area (Å²) in [7, 11) is -3.34. The molecule has 1 unspecified atom stereocenters. The summed E-state index contributed by atoms with van der Waals surface area (Å²) in [6, 6.07) is 3.38. The molecule has 0 fully saturated rings. The summed E-state index contributed by atoms with van der Waals surface area (Å²) in [5.74, 6) is 4.36. The molecule has 0 radical (unpaired) electrons. The molecule has 0 bridgehead atoms. The largest absolute Gasteiger partial charge is 0.486 e. The summed E-state index contributed by atoms with van der Waals surface area (Å²) in [6.07, 6.45) is 0. The summed E-state index contributed by atoms with van der Waals surface area (Å²) in [5, 5.41) is -0.0464. The predicted molar refractivity (Wildman–Crippen MR) is 63.2 cm³/mol. The number of ether oxygens (including phenoxy) is 2. The van der Waals surface area contributed by atoms with Crippen LogP contribution in [0.5, 0.6) is 11.5 Å². The Morgan fingerprint density at radius 3 is 2.65 bits per heavy atom. The molecule has 2 heterocycles. The number of nitrogens with zero attached hydrogens (tertiary/aromatic N) is 1. The first-order chi connectivity index (χ1) is 8.04. The molecule has 0 saturated carbocycles. The first-order valence-electron chi connectivity index (χ1n) is 4.93. The van der Waals surface area contributed by atoms with Crippen LogP contribution in [0.2, 0.25) is 0 Å². The molecule has 0 aliphatic carbocycles. The van der Waals surface area contributed by atoms with Crippen molar-refractivity contribution in [3.05, 3.63) is 12.1 Å². The van der Waals surface area contributed by atoms with Gasteiger partial charge in [0.25, 0.3) is 0 Å². The summed E-state index contributed by atoms with van der Waals surface area (Å²) < 4.78 is 31.5. The number of hydrogen-bond donors (Lipinski definition) is 2. The zero-order valence-corrected chi connectivity index (χ0v) is 9.62. The lowest BCUT2D eigenvalue weighted by Gasteiger charge is -2.17. The van der Waals surface area contributed by atoms with Crippen LogP contribution >= 0.6 is 0 Å². The average molecular weight is 254 g/mol. The van der Waals surface area contributed by atoms with Gasteiger partial charge in [-0.25, -0.2) is 9.19 Å². The third kappa shape index (κ3) is 1.73. The van der Waals surface area contributed by atoms with Gasteiger partial charge < -0.3 is 19.0 Å². The number of hydrogen-bond acceptors (Lipinski definition) is 4. The van der Waals surface area contributed by atoms with Crippen LogP contribution in [0.3, 0.4) is 0 Å². The number of imidazole rings is 1. The fourth-order valence-corrected chi connectivity index (χ4v) is 2.18. The van der Waals surface area contributed by atoms with Crippen molar-refractivity contribution in [3.63, 3.8) is 0 Å². The van der Waals surface area contributed by atoms with Gasteiger partial charge in [-0.05, 0) is 5.87 Å².